The SMILES string of the molecule is CCO.Cl.Cl.N#Cc1ccccc1CBr.[C-]#[N+]c1ccccc1Cn1c(=O)n(C)c2nc(C)cc(N3CCC[C@@H](CCc4ccccc4C#N)C3)c21.[C-]#[N+]c1ccccc1Cn1c(=O)n(C)c2nc(C)cc(N3CCC[C@@H](CCc4ccccc4C#N)C3)c21.[C-]#[N+]c1ccccc1Cn1c(=O)n(C)c2nc(C)cc(N3CCC[C@@H](N)C3)c21. The molecule has 6 aromatic carbocycles. The van der Waals surface area contributed by atoms with E-state index >= 15 is 0 Å². The highest BCUT2D eigenvalue weighted by atomic mass is 79.9. The number of hydrogen-bond donors (Lipinski definition) is 2. The second-order valence-corrected chi connectivity index (χ2v) is 30.0. The molecule has 3 atom stereocenters. The third-order valence-electron chi connectivity index (χ3n) is 21.6. The van der Waals surface area contributed by atoms with Gasteiger partial charge in [0.2, 0.25) is 0 Å². The zero-order valence-corrected chi connectivity index (χ0v) is 70.4. The quantitative estimate of drug-likeness (QED) is 0.0673. The Morgan fingerprint density at radius 2 is 0.744 bits per heavy atom. The maximum absolute atomic E-state index is 13.4. The van der Waals surface area contributed by atoms with Crippen LogP contribution in [0.15, 0.2) is 178 Å². The van der Waals surface area contributed by atoms with Crippen LogP contribution in [0.4, 0.5) is 34.1 Å². The van der Waals surface area contributed by atoms with Crippen LogP contribution < -0.4 is 37.5 Å². The van der Waals surface area contributed by atoms with Crippen LogP contribution in [0, 0.1) is 86.3 Å². The number of pyridine rings is 3. The Bertz CT molecular complexity index is 5730. The molecular formula is C91H98BrCl2N19O4. The number of piperidine rings is 3. The number of aryl methyl sites for hydroxylation is 8. The summed E-state index contributed by atoms with van der Waals surface area (Å²) in [6, 6.07) is 58.7. The maximum atomic E-state index is 13.4. The molecule has 26 heteroatoms. The van der Waals surface area contributed by atoms with Gasteiger partial charge in [-0.25, -0.2) is 43.9 Å². The van der Waals surface area contributed by atoms with Crippen LogP contribution in [-0.2, 0) is 58.9 Å². The fraction of sp³-hybridized carbons (Fsp3) is 0.341. The number of hydrogen-bond acceptors (Lipinski definition) is 14. The number of halogens is 3. The van der Waals surface area contributed by atoms with Crippen molar-refractivity contribution in [3.8, 4) is 18.2 Å². The number of nitrogens with zero attached hydrogens (tertiary/aromatic N) is 18. The van der Waals surface area contributed by atoms with Crippen LogP contribution in [0.5, 0.6) is 0 Å². The molecule has 12 aromatic rings. The summed E-state index contributed by atoms with van der Waals surface area (Å²) < 4.78 is 10.1. The highest BCUT2D eigenvalue weighted by Crippen LogP contribution is 2.37. The van der Waals surface area contributed by atoms with E-state index in [1.165, 1.54) is 0 Å². The molecule has 15 rings (SSSR count). The second-order valence-electron chi connectivity index (χ2n) is 29.5. The summed E-state index contributed by atoms with van der Waals surface area (Å²) in [6.07, 6.45) is 10.3. The van der Waals surface area contributed by atoms with Gasteiger partial charge in [-0.3, -0.25) is 27.4 Å². The van der Waals surface area contributed by atoms with Gasteiger partial charge in [0.05, 0.1) is 71.7 Å². The van der Waals surface area contributed by atoms with Gasteiger partial charge in [0.25, 0.3) is 0 Å². The first-order valence-corrected chi connectivity index (χ1v) is 40.1. The molecule has 3 fully saturated rings. The number of benzene rings is 6. The first-order chi connectivity index (χ1) is 55.8. The Morgan fingerprint density at radius 3 is 1.04 bits per heavy atom. The van der Waals surface area contributed by atoms with E-state index < -0.39 is 0 Å². The summed E-state index contributed by atoms with van der Waals surface area (Å²) in [5.41, 5.74) is 25.7. The lowest BCUT2D eigenvalue weighted by molar-refractivity contribution is 0.318. The predicted octanol–water partition coefficient (Wildman–Crippen LogP) is 16.6. The van der Waals surface area contributed by atoms with Gasteiger partial charge >= 0.3 is 17.1 Å². The molecule has 3 saturated heterocycles. The fourth-order valence-corrected chi connectivity index (χ4v) is 16.3. The molecule has 0 saturated carbocycles. The van der Waals surface area contributed by atoms with Crippen LogP contribution in [0.2, 0.25) is 0 Å². The van der Waals surface area contributed by atoms with Crippen molar-refractivity contribution in [1.82, 2.24) is 42.4 Å². The number of alkyl halides is 1. The largest absolute Gasteiger partial charge is 0.397 e. The molecule has 117 heavy (non-hydrogen) atoms. The number of rotatable bonds is 16. The summed E-state index contributed by atoms with van der Waals surface area (Å²) >= 11 is 3.30. The Balaban J connectivity index is 0.000000186. The minimum atomic E-state index is -0.129. The molecule has 23 nitrogen and oxygen atoms in total. The van der Waals surface area contributed by atoms with Gasteiger partial charge in [-0.2, -0.15) is 15.8 Å². The third kappa shape index (κ3) is 20.8. The Kier molecular flexibility index (Phi) is 31.9. The standard InChI is InChI=1S/2C30H30N6O.C21H24N6O.C8H6BrN.C2H6O.2ClH/c2*1-21-17-27(35-16-8-9-22(19-35)14-15-23-10-4-5-11-24(23)18-31)28-29(33-21)34(3)30(37)36(28)20-25-12-6-7-13-26(25)32-2;1-14-11-18(26-10-6-8-16(22)13-26)19-20(24-14)25(3)21(28)27(19)12-15-7-4-5-9-17(15)23-2;9-5-7-3-1-2-4-8(7)6-10;1-2-3;;/h2*4-7,10-13,17,22H,8-9,14-16,19-20H2,1,3H3;4-5,7,9,11,16H,6,8,10,12-13,22H2,1,3H3;1-4H,5H2;3H,2H2,1H3;2*1H/t2*22-;16-;;;;/m001..../s1. The number of imidazole rings is 3. The summed E-state index contributed by atoms with van der Waals surface area (Å²) in [5, 5.41) is 35.8. The van der Waals surface area contributed by atoms with Crippen molar-refractivity contribution in [2.45, 2.75) is 123 Å². The molecule has 0 amide bonds. The van der Waals surface area contributed by atoms with Crippen molar-refractivity contribution in [1.29, 1.82) is 15.8 Å². The Morgan fingerprint density at radius 1 is 0.462 bits per heavy atom. The zero-order chi connectivity index (χ0) is 81.8. The molecule has 602 valence electrons. The number of aliphatic hydroxyl groups excluding tert-OH is 1. The lowest BCUT2D eigenvalue weighted by Crippen LogP contribution is -2.43. The number of aliphatic hydroxyl groups is 1. The molecule has 9 heterocycles. The highest BCUT2D eigenvalue weighted by Gasteiger charge is 2.30. The minimum Gasteiger partial charge on any atom is -0.397 e. The molecule has 3 aliphatic heterocycles. The summed E-state index contributed by atoms with van der Waals surface area (Å²) in [5.74, 6) is 0.992. The van der Waals surface area contributed by atoms with Gasteiger partial charge in [-0.15, -0.1) is 24.8 Å². The van der Waals surface area contributed by atoms with Crippen LogP contribution in [0.25, 0.3) is 48.0 Å². The van der Waals surface area contributed by atoms with E-state index in [1.807, 2.05) is 142 Å². The summed E-state index contributed by atoms with van der Waals surface area (Å²) in [6.45, 7) is 36.6. The number of fused-ring (bicyclic) bond motifs is 3. The maximum Gasteiger partial charge on any atom is 0.330 e. The normalized spacial score (nSPS) is 14.8. The summed E-state index contributed by atoms with van der Waals surface area (Å²) in [7, 11) is 5.29. The fourth-order valence-electron chi connectivity index (χ4n) is 15.8. The van der Waals surface area contributed by atoms with Crippen molar-refractivity contribution < 1.29 is 5.11 Å². The summed E-state index contributed by atoms with van der Waals surface area (Å²) in [4.78, 5) is 71.9. The Hall–Kier alpha value is -12.1. The van der Waals surface area contributed by atoms with Gasteiger partial charge in [-0.05, 0) is 174 Å². The van der Waals surface area contributed by atoms with E-state index in [1.54, 1.807) is 73.7 Å². The molecule has 0 bridgehead atoms. The van der Waals surface area contributed by atoms with Gasteiger partial charge < -0.3 is 25.5 Å². The molecular weight excluding hydrogens is 1570 g/mol. The predicted molar refractivity (Wildman–Crippen MR) is 474 cm³/mol. The number of anilines is 3. The van der Waals surface area contributed by atoms with E-state index in [-0.39, 0.29) is 54.5 Å². The molecule has 3 aliphatic rings. The van der Waals surface area contributed by atoms with Crippen molar-refractivity contribution >= 4 is 108 Å². The van der Waals surface area contributed by atoms with Crippen LogP contribution >= 0.6 is 40.7 Å². The Labute approximate surface area is 704 Å². The highest BCUT2D eigenvalue weighted by molar-refractivity contribution is 9.08. The first-order valence-electron chi connectivity index (χ1n) is 39.0. The zero-order valence-electron chi connectivity index (χ0n) is 67.2. The number of aromatic nitrogens is 9. The third-order valence-corrected chi connectivity index (χ3v) is 22.2. The number of para-hydroxylation sites is 3. The monoisotopic (exact) mass is 1670 g/mol. The first kappa shape index (κ1) is 88.8. The van der Waals surface area contributed by atoms with E-state index in [4.69, 9.17) is 45.8 Å². The minimum absolute atomic E-state index is 0. The molecule has 3 N–H and O–H groups in total. The van der Waals surface area contributed by atoms with E-state index in [9.17, 15) is 24.9 Å². The van der Waals surface area contributed by atoms with Crippen molar-refractivity contribution in [3.05, 3.63) is 297 Å². The number of nitrogens with two attached hydrogens (primary N) is 1. The van der Waals surface area contributed by atoms with Crippen molar-refractivity contribution in [3.63, 3.8) is 0 Å². The molecule has 6 aromatic heterocycles. The number of nitriles is 3. The average Bonchev–Trinajstić information content (AvgIpc) is 1.62. The lowest BCUT2D eigenvalue weighted by atomic mass is 9.90. The van der Waals surface area contributed by atoms with Gasteiger partial charge in [0, 0.05) is 115 Å². The molecule has 0 spiro atoms. The van der Waals surface area contributed by atoms with Crippen LogP contribution in [0.1, 0.15) is 125 Å². The smallest absolute Gasteiger partial charge is 0.330 e. The molecule has 0 unspecified atom stereocenters. The topological polar surface area (TPSA) is 260 Å². The van der Waals surface area contributed by atoms with Crippen LogP contribution in [-0.4, -0.2) is 99.4 Å². The van der Waals surface area contributed by atoms with Gasteiger partial charge in [0.1, 0.15) is 16.6 Å². The van der Waals surface area contributed by atoms with E-state index in [0.29, 0.717) is 65.5 Å². The van der Waals surface area contributed by atoms with E-state index in [0.717, 1.165) is 210 Å². The molecule has 0 radical (unpaired) electrons. The second kappa shape index (κ2) is 42.0. The van der Waals surface area contributed by atoms with Gasteiger partial charge in [-0.1, -0.05) is 143 Å². The van der Waals surface area contributed by atoms with Crippen molar-refractivity contribution in [2.24, 2.45) is 38.7 Å². The van der Waals surface area contributed by atoms with Gasteiger partial charge in [0.15, 0.2) is 34.0 Å². The van der Waals surface area contributed by atoms with Crippen LogP contribution in [0.3, 0.4) is 0 Å². The lowest BCUT2D eigenvalue weighted by Gasteiger charge is -2.35. The van der Waals surface area contributed by atoms with Crippen molar-refractivity contribution in [2.75, 3.05) is 60.6 Å². The average molecular weight is 1670 g/mol. The van der Waals surface area contributed by atoms with E-state index in [2.05, 4.69) is 92.6 Å². The molecule has 0 aliphatic carbocycles.